The average molecular weight is 213 g/mol. The zero-order valence-corrected chi connectivity index (χ0v) is 7.71. The SMILES string of the molecule is CCC(=CC(F)(F)Br)CC. The van der Waals surface area contributed by atoms with E-state index in [1.165, 1.54) is 0 Å². The first-order valence-corrected chi connectivity index (χ1v) is 4.06. The Labute approximate surface area is 68.4 Å². The molecule has 0 amide bonds. The molecular formula is C7H11BrF2. The van der Waals surface area contributed by atoms with Crippen molar-refractivity contribution in [3.05, 3.63) is 11.6 Å². The minimum absolute atomic E-state index is 0.692. The van der Waals surface area contributed by atoms with Crippen LogP contribution in [0.4, 0.5) is 8.78 Å². The van der Waals surface area contributed by atoms with Gasteiger partial charge in [-0.25, -0.2) is 0 Å². The molecule has 0 aromatic carbocycles. The van der Waals surface area contributed by atoms with Crippen molar-refractivity contribution in [1.29, 1.82) is 0 Å². The van der Waals surface area contributed by atoms with Crippen molar-refractivity contribution in [3.63, 3.8) is 0 Å². The third kappa shape index (κ3) is 4.91. The van der Waals surface area contributed by atoms with Gasteiger partial charge in [-0.05, 0) is 34.8 Å². The van der Waals surface area contributed by atoms with Gasteiger partial charge in [0.2, 0.25) is 0 Å². The van der Waals surface area contributed by atoms with Crippen molar-refractivity contribution in [1.82, 2.24) is 0 Å². The van der Waals surface area contributed by atoms with E-state index in [9.17, 15) is 8.78 Å². The van der Waals surface area contributed by atoms with Crippen molar-refractivity contribution in [2.24, 2.45) is 0 Å². The molecule has 0 nitrogen and oxygen atoms in total. The summed E-state index contributed by atoms with van der Waals surface area (Å²) in [6.45, 7) is 3.74. The van der Waals surface area contributed by atoms with Gasteiger partial charge in [-0.3, -0.25) is 0 Å². The number of allylic oxidation sites excluding steroid dienone is 2. The lowest BCUT2D eigenvalue weighted by molar-refractivity contribution is 0.170. The average Bonchev–Trinajstić information content (AvgIpc) is 1.81. The van der Waals surface area contributed by atoms with Gasteiger partial charge < -0.3 is 0 Å². The molecule has 3 heteroatoms. The first kappa shape index (κ1) is 10.1. The van der Waals surface area contributed by atoms with Crippen LogP contribution in [0, 0.1) is 0 Å². The van der Waals surface area contributed by atoms with Gasteiger partial charge in [0.05, 0.1) is 0 Å². The molecule has 10 heavy (non-hydrogen) atoms. The number of alkyl halides is 3. The van der Waals surface area contributed by atoms with E-state index in [2.05, 4.69) is 15.9 Å². The molecule has 0 radical (unpaired) electrons. The van der Waals surface area contributed by atoms with Gasteiger partial charge in [0, 0.05) is 0 Å². The Bertz CT molecular complexity index is 118. The van der Waals surface area contributed by atoms with E-state index in [0.29, 0.717) is 12.8 Å². The largest absolute Gasteiger partial charge is 0.320 e. The van der Waals surface area contributed by atoms with Crippen LogP contribution in [0.25, 0.3) is 0 Å². The maximum atomic E-state index is 12.2. The summed E-state index contributed by atoms with van der Waals surface area (Å²) in [5.41, 5.74) is 0.780. The summed E-state index contributed by atoms with van der Waals surface area (Å²) in [4.78, 5) is -2.83. The maximum absolute atomic E-state index is 12.2. The van der Waals surface area contributed by atoms with E-state index in [4.69, 9.17) is 0 Å². The highest BCUT2D eigenvalue weighted by molar-refractivity contribution is 9.10. The molecule has 0 rings (SSSR count). The molecule has 0 aliphatic heterocycles. The molecule has 0 N–H and O–H groups in total. The summed E-state index contributed by atoms with van der Waals surface area (Å²) < 4.78 is 24.4. The van der Waals surface area contributed by atoms with Crippen LogP contribution in [-0.2, 0) is 0 Å². The fourth-order valence-corrected chi connectivity index (χ4v) is 1.01. The van der Waals surface area contributed by atoms with Crippen LogP contribution in [0.2, 0.25) is 0 Å². The van der Waals surface area contributed by atoms with Crippen LogP contribution in [-0.4, -0.2) is 4.83 Å². The van der Waals surface area contributed by atoms with Crippen LogP contribution in [0.3, 0.4) is 0 Å². The van der Waals surface area contributed by atoms with Crippen LogP contribution in [0.1, 0.15) is 26.7 Å². The van der Waals surface area contributed by atoms with Gasteiger partial charge in [0.25, 0.3) is 0 Å². The fraction of sp³-hybridized carbons (Fsp3) is 0.714. The monoisotopic (exact) mass is 212 g/mol. The molecule has 0 atom stereocenters. The van der Waals surface area contributed by atoms with E-state index in [-0.39, 0.29) is 0 Å². The predicted octanol–water partition coefficient (Wildman–Crippen LogP) is 3.72. The molecule has 0 spiro atoms. The highest BCUT2D eigenvalue weighted by atomic mass is 79.9. The highest BCUT2D eigenvalue weighted by Crippen LogP contribution is 2.26. The zero-order chi connectivity index (χ0) is 8.20. The van der Waals surface area contributed by atoms with Crippen LogP contribution in [0.5, 0.6) is 0 Å². The smallest absolute Gasteiger partial charge is 0.189 e. The van der Waals surface area contributed by atoms with Crippen LogP contribution < -0.4 is 0 Å². The Balaban J connectivity index is 4.11. The predicted molar refractivity (Wildman–Crippen MR) is 42.5 cm³/mol. The second kappa shape index (κ2) is 4.06. The third-order valence-corrected chi connectivity index (χ3v) is 1.50. The van der Waals surface area contributed by atoms with Crippen LogP contribution in [0.15, 0.2) is 11.6 Å². The summed E-state index contributed by atoms with van der Waals surface area (Å²) in [5, 5.41) is 0. The van der Waals surface area contributed by atoms with E-state index < -0.39 is 4.83 Å². The molecule has 0 aromatic heterocycles. The Morgan fingerprint density at radius 2 is 1.80 bits per heavy atom. The molecular weight excluding hydrogens is 202 g/mol. The van der Waals surface area contributed by atoms with Gasteiger partial charge in [0.15, 0.2) is 0 Å². The Morgan fingerprint density at radius 3 is 1.90 bits per heavy atom. The lowest BCUT2D eigenvalue weighted by atomic mass is 10.1. The molecule has 0 aliphatic carbocycles. The van der Waals surface area contributed by atoms with E-state index >= 15 is 0 Å². The van der Waals surface area contributed by atoms with Gasteiger partial charge in [-0.1, -0.05) is 19.4 Å². The number of rotatable bonds is 3. The molecule has 0 saturated heterocycles. The summed E-state index contributed by atoms with van der Waals surface area (Å²) in [5.74, 6) is 0. The first-order chi connectivity index (χ1) is 4.49. The number of hydrogen-bond acceptors (Lipinski definition) is 0. The minimum Gasteiger partial charge on any atom is -0.189 e. The molecule has 0 saturated carbocycles. The Hall–Kier alpha value is 0.0800. The normalized spacial score (nSPS) is 11.3. The first-order valence-electron chi connectivity index (χ1n) is 3.27. The fourth-order valence-electron chi connectivity index (χ4n) is 0.686. The van der Waals surface area contributed by atoms with E-state index in [1.807, 2.05) is 13.8 Å². The van der Waals surface area contributed by atoms with Gasteiger partial charge in [-0.2, -0.15) is 8.78 Å². The maximum Gasteiger partial charge on any atom is 0.320 e. The van der Waals surface area contributed by atoms with Gasteiger partial charge in [-0.15, -0.1) is 0 Å². The molecule has 0 aromatic rings. The van der Waals surface area contributed by atoms with Crippen molar-refractivity contribution >= 4 is 15.9 Å². The third-order valence-electron chi connectivity index (χ3n) is 1.28. The lowest BCUT2D eigenvalue weighted by Gasteiger charge is -2.04. The summed E-state index contributed by atoms with van der Waals surface area (Å²) >= 11 is 2.25. The summed E-state index contributed by atoms with van der Waals surface area (Å²) in [7, 11) is 0. The minimum atomic E-state index is -2.83. The number of halogens is 3. The second-order valence-corrected chi connectivity index (χ2v) is 3.11. The molecule has 0 bridgehead atoms. The quantitative estimate of drug-likeness (QED) is 0.495. The van der Waals surface area contributed by atoms with Gasteiger partial charge in [0.1, 0.15) is 0 Å². The van der Waals surface area contributed by atoms with Crippen molar-refractivity contribution in [2.75, 3.05) is 0 Å². The van der Waals surface area contributed by atoms with Crippen LogP contribution >= 0.6 is 15.9 Å². The van der Waals surface area contributed by atoms with E-state index in [1.54, 1.807) is 0 Å². The molecule has 0 unspecified atom stereocenters. The molecule has 0 heterocycles. The number of hydrogen-bond donors (Lipinski definition) is 0. The lowest BCUT2D eigenvalue weighted by Crippen LogP contribution is -2.00. The van der Waals surface area contributed by atoms with E-state index in [0.717, 1.165) is 11.6 Å². The van der Waals surface area contributed by atoms with Crippen molar-refractivity contribution in [2.45, 2.75) is 31.5 Å². The molecule has 0 fully saturated rings. The summed E-state index contributed by atoms with van der Waals surface area (Å²) in [6.07, 6.45) is 2.35. The summed E-state index contributed by atoms with van der Waals surface area (Å²) in [6, 6.07) is 0. The Kier molecular flexibility index (Phi) is 4.09. The standard InChI is InChI=1S/C7H11BrF2/c1-3-6(4-2)5-7(8,9)10/h5H,3-4H2,1-2H3. The van der Waals surface area contributed by atoms with Crippen molar-refractivity contribution < 1.29 is 8.78 Å². The Morgan fingerprint density at radius 1 is 1.40 bits per heavy atom. The molecule has 0 aliphatic rings. The molecule has 60 valence electrons. The van der Waals surface area contributed by atoms with Gasteiger partial charge >= 0.3 is 4.83 Å². The zero-order valence-electron chi connectivity index (χ0n) is 6.13. The second-order valence-electron chi connectivity index (χ2n) is 2.05. The topological polar surface area (TPSA) is 0 Å². The highest BCUT2D eigenvalue weighted by Gasteiger charge is 2.19. The van der Waals surface area contributed by atoms with Crippen molar-refractivity contribution in [3.8, 4) is 0 Å².